The molecule has 0 bridgehead atoms. The maximum absolute atomic E-state index is 14.3. The average molecular weight is 275 g/mol. The van der Waals surface area contributed by atoms with Crippen LogP contribution in [0.3, 0.4) is 0 Å². The van der Waals surface area contributed by atoms with Crippen LogP contribution in [-0.4, -0.2) is 18.1 Å². The van der Waals surface area contributed by atoms with Crippen LogP contribution in [0.5, 0.6) is 0 Å². The Morgan fingerprint density at radius 3 is 2.63 bits per heavy atom. The molecule has 0 N–H and O–H groups in total. The van der Waals surface area contributed by atoms with E-state index in [1.54, 1.807) is 12.1 Å². The van der Waals surface area contributed by atoms with Crippen LogP contribution in [0.4, 0.5) is 10.1 Å². The van der Waals surface area contributed by atoms with Crippen LogP contribution >= 0.6 is 11.3 Å². The minimum absolute atomic E-state index is 0.146. The minimum atomic E-state index is -0.146. The molecule has 2 heterocycles. The molecular weight excluding hydrogens is 259 g/mol. The summed E-state index contributed by atoms with van der Waals surface area (Å²) in [6.45, 7) is 1.86. The molecule has 2 nitrogen and oxygen atoms in total. The van der Waals surface area contributed by atoms with Crippen molar-refractivity contribution in [1.29, 1.82) is 0 Å². The van der Waals surface area contributed by atoms with E-state index in [-0.39, 0.29) is 5.82 Å². The van der Waals surface area contributed by atoms with Crippen molar-refractivity contribution in [2.75, 3.05) is 18.0 Å². The monoisotopic (exact) mass is 275 g/mol. The quantitative estimate of drug-likeness (QED) is 0.819. The lowest BCUT2D eigenvalue weighted by molar-refractivity contribution is 0.617. The molecule has 1 aromatic heterocycles. The topological polar surface area (TPSA) is 16.1 Å². The second-order valence-corrected chi connectivity index (χ2v) is 5.52. The fraction of sp³-hybridized carbons (Fsp3) is 0.400. The molecule has 1 fully saturated rings. The first kappa shape index (κ1) is 12.6. The molecule has 99 valence electrons. The van der Waals surface area contributed by atoms with Crippen molar-refractivity contribution in [3.05, 3.63) is 34.9 Å². The fourth-order valence-corrected chi connectivity index (χ4v) is 3.14. The van der Waals surface area contributed by atoms with Crippen LogP contribution in [0, 0.1) is 11.3 Å². The molecule has 0 saturated carbocycles. The normalized spacial score (nSPS) is 16.4. The average Bonchev–Trinajstić information content (AvgIpc) is 2.82. The predicted octanol–water partition coefficient (Wildman–Crippen LogP) is 4.13. The van der Waals surface area contributed by atoms with E-state index in [2.05, 4.69) is 15.4 Å². The molecule has 4 heteroatoms. The molecule has 1 aromatic carbocycles. The van der Waals surface area contributed by atoms with E-state index in [1.165, 1.54) is 24.2 Å². The SMILES string of the molecule is Fc1cccc(-c2cs[c]n2)c1N1CCCCCC1. The standard InChI is InChI=1S/C15H16FN2S/c16-13-7-5-6-12(14-10-19-11-17-14)15(13)18-8-3-1-2-4-9-18/h5-7,10H,1-4,8-9H2. The molecule has 0 unspecified atom stereocenters. The largest absolute Gasteiger partial charge is 0.369 e. The smallest absolute Gasteiger partial charge is 0.152 e. The van der Waals surface area contributed by atoms with Crippen molar-refractivity contribution in [2.24, 2.45) is 0 Å². The molecule has 3 rings (SSSR count). The van der Waals surface area contributed by atoms with Gasteiger partial charge in [0, 0.05) is 24.0 Å². The van der Waals surface area contributed by atoms with Crippen molar-refractivity contribution in [2.45, 2.75) is 25.7 Å². The molecule has 0 amide bonds. The lowest BCUT2D eigenvalue weighted by Crippen LogP contribution is -2.25. The molecule has 1 aliphatic heterocycles. The Labute approximate surface area is 116 Å². The van der Waals surface area contributed by atoms with Gasteiger partial charge in [0.05, 0.1) is 11.4 Å². The van der Waals surface area contributed by atoms with Crippen LogP contribution < -0.4 is 4.90 Å². The predicted molar refractivity (Wildman–Crippen MR) is 77.0 cm³/mol. The molecule has 1 saturated heterocycles. The third-order valence-corrected chi connectivity index (χ3v) is 4.11. The van der Waals surface area contributed by atoms with Gasteiger partial charge < -0.3 is 4.90 Å². The third kappa shape index (κ3) is 2.63. The van der Waals surface area contributed by atoms with Crippen LogP contribution in [0.25, 0.3) is 11.3 Å². The molecule has 1 radical (unpaired) electrons. The molecule has 0 aliphatic carbocycles. The van der Waals surface area contributed by atoms with E-state index in [1.807, 2.05) is 11.4 Å². The molecule has 0 spiro atoms. The number of hydrogen-bond donors (Lipinski definition) is 0. The Morgan fingerprint density at radius 2 is 1.95 bits per heavy atom. The maximum Gasteiger partial charge on any atom is 0.152 e. The van der Waals surface area contributed by atoms with E-state index in [0.717, 1.165) is 37.2 Å². The zero-order chi connectivity index (χ0) is 13.1. The first-order chi connectivity index (χ1) is 9.36. The van der Waals surface area contributed by atoms with Crippen LogP contribution in [-0.2, 0) is 0 Å². The van der Waals surface area contributed by atoms with Crippen LogP contribution in [0.1, 0.15) is 25.7 Å². The van der Waals surface area contributed by atoms with Crippen molar-refractivity contribution >= 4 is 17.0 Å². The summed E-state index contributed by atoms with van der Waals surface area (Å²) < 4.78 is 14.3. The highest BCUT2D eigenvalue weighted by Gasteiger charge is 2.19. The first-order valence-electron chi connectivity index (χ1n) is 6.71. The van der Waals surface area contributed by atoms with E-state index in [9.17, 15) is 4.39 Å². The van der Waals surface area contributed by atoms with Crippen molar-refractivity contribution in [1.82, 2.24) is 4.98 Å². The van der Waals surface area contributed by atoms with Gasteiger partial charge in [-0.3, -0.25) is 0 Å². The fourth-order valence-electron chi connectivity index (χ4n) is 2.65. The molecule has 0 atom stereocenters. The summed E-state index contributed by atoms with van der Waals surface area (Å²) >= 11 is 1.42. The van der Waals surface area contributed by atoms with Gasteiger partial charge in [-0.1, -0.05) is 25.0 Å². The van der Waals surface area contributed by atoms with Crippen LogP contribution in [0.2, 0.25) is 0 Å². The van der Waals surface area contributed by atoms with E-state index < -0.39 is 0 Å². The number of thiazole rings is 1. The summed E-state index contributed by atoms with van der Waals surface area (Å²) in [5, 5.41) is 1.93. The van der Waals surface area contributed by atoms with Crippen LogP contribution in [0.15, 0.2) is 23.6 Å². The van der Waals surface area contributed by atoms with Gasteiger partial charge >= 0.3 is 0 Å². The van der Waals surface area contributed by atoms with Gasteiger partial charge in [-0.15, -0.1) is 11.3 Å². The van der Waals surface area contributed by atoms with E-state index in [4.69, 9.17) is 0 Å². The van der Waals surface area contributed by atoms with Crippen molar-refractivity contribution in [3.8, 4) is 11.3 Å². The van der Waals surface area contributed by atoms with E-state index >= 15 is 0 Å². The van der Waals surface area contributed by atoms with Gasteiger partial charge in [-0.25, -0.2) is 9.37 Å². The lowest BCUT2D eigenvalue weighted by Gasteiger charge is -2.25. The Morgan fingerprint density at radius 1 is 1.16 bits per heavy atom. The van der Waals surface area contributed by atoms with E-state index in [0.29, 0.717) is 5.69 Å². The number of aromatic nitrogens is 1. The van der Waals surface area contributed by atoms with Gasteiger partial charge in [0.25, 0.3) is 0 Å². The third-order valence-electron chi connectivity index (χ3n) is 3.57. The van der Waals surface area contributed by atoms with Gasteiger partial charge in [0.15, 0.2) is 5.51 Å². The Balaban J connectivity index is 2.03. The molecule has 1 aliphatic rings. The maximum atomic E-state index is 14.3. The number of benzene rings is 1. The summed E-state index contributed by atoms with van der Waals surface area (Å²) in [7, 11) is 0. The minimum Gasteiger partial charge on any atom is -0.369 e. The molecule has 19 heavy (non-hydrogen) atoms. The number of halogens is 1. The lowest BCUT2D eigenvalue weighted by atomic mass is 10.1. The zero-order valence-electron chi connectivity index (χ0n) is 10.7. The first-order valence-corrected chi connectivity index (χ1v) is 7.59. The number of rotatable bonds is 2. The highest BCUT2D eigenvalue weighted by atomic mass is 32.1. The summed E-state index contributed by atoms with van der Waals surface area (Å²) in [4.78, 5) is 6.38. The second kappa shape index (κ2) is 5.70. The molecule has 2 aromatic rings. The number of anilines is 1. The highest BCUT2D eigenvalue weighted by Crippen LogP contribution is 2.34. The Hall–Kier alpha value is -1.42. The summed E-state index contributed by atoms with van der Waals surface area (Å²) in [6.07, 6.45) is 4.75. The summed E-state index contributed by atoms with van der Waals surface area (Å²) in [5.41, 5.74) is 5.26. The highest BCUT2D eigenvalue weighted by molar-refractivity contribution is 7.07. The van der Waals surface area contributed by atoms with Gasteiger partial charge in [0.2, 0.25) is 0 Å². The van der Waals surface area contributed by atoms with Crippen molar-refractivity contribution in [3.63, 3.8) is 0 Å². The van der Waals surface area contributed by atoms with Crippen molar-refractivity contribution < 1.29 is 4.39 Å². The number of para-hydroxylation sites is 1. The summed E-state index contributed by atoms with van der Waals surface area (Å²) in [5.74, 6) is -0.146. The molecular formula is C15H16FN2S. The Kier molecular flexibility index (Phi) is 3.78. The van der Waals surface area contributed by atoms with Gasteiger partial charge in [-0.05, 0) is 18.9 Å². The second-order valence-electron chi connectivity index (χ2n) is 4.86. The summed E-state index contributed by atoms with van der Waals surface area (Å²) in [6, 6.07) is 5.25. The zero-order valence-corrected chi connectivity index (χ0v) is 11.5. The number of hydrogen-bond acceptors (Lipinski definition) is 3. The van der Waals surface area contributed by atoms with Gasteiger partial charge in [-0.2, -0.15) is 0 Å². The van der Waals surface area contributed by atoms with Gasteiger partial charge in [0.1, 0.15) is 5.82 Å². The number of nitrogens with zero attached hydrogens (tertiary/aromatic N) is 2. The Bertz CT molecular complexity index is 531.